The number of ether oxygens (including phenoxy) is 1. The van der Waals surface area contributed by atoms with E-state index in [1.807, 2.05) is 0 Å². The summed E-state index contributed by atoms with van der Waals surface area (Å²) in [4.78, 5) is 10.7. The highest BCUT2D eigenvalue weighted by Gasteiger charge is 2.21. The van der Waals surface area contributed by atoms with Gasteiger partial charge in [0.25, 0.3) is 0 Å². The molecule has 0 saturated heterocycles. The molecule has 0 aliphatic heterocycles. The van der Waals surface area contributed by atoms with Gasteiger partial charge in [-0.2, -0.15) is 0 Å². The number of carbonyl (C=O) groups excluding carboxylic acids is 1. The molecule has 0 spiro atoms. The Hall–Kier alpha value is -1.00. The first kappa shape index (κ1) is 13.1. The molecule has 0 N–H and O–H groups in total. The summed E-state index contributed by atoms with van der Waals surface area (Å²) in [5.74, 6) is 1.02. The van der Waals surface area contributed by atoms with E-state index in [0.717, 1.165) is 6.29 Å². The van der Waals surface area contributed by atoms with Gasteiger partial charge in [-0.05, 0) is 31.8 Å². The van der Waals surface area contributed by atoms with E-state index < -0.39 is 8.32 Å². The zero-order chi connectivity index (χ0) is 12.3. The van der Waals surface area contributed by atoms with E-state index in [4.69, 9.17) is 20.8 Å². The van der Waals surface area contributed by atoms with Crippen LogP contribution in [0.2, 0.25) is 24.7 Å². The summed E-state index contributed by atoms with van der Waals surface area (Å²) in [5, 5.41) is 0.406. The second-order valence-electron chi connectivity index (χ2n) is 4.37. The first-order chi connectivity index (χ1) is 7.37. The van der Waals surface area contributed by atoms with Crippen LogP contribution in [0.1, 0.15) is 10.4 Å². The van der Waals surface area contributed by atoms with E-state index in [1.54, 1.807) is 12.1 Å². The molecule has 0 bridgehead atoms. The Balaban J connectivity index is 3.21. The molecule has 0 saturated carbocycles. The lowest BCUT2D eigenvalue weighted by molar-refractivity contribution is 0.112. The van der Waals surface area contributed by atoms with Crippen LogP contribution in [0.25, 0.3) is 0 Å². The second-order valence-corrected chi connectivity index (χ2v) is 9.20. The molecule has 1 aromatic rings. The van der Waals surface area contributed by atoms with Gasteiger partial charge in [0.05, 0.1) is 12.1 Å². The summed E-state index contributed by atoms with van der Waals surface area (Å²) in [6.07, 6.45) is 0.729. The Morgan fingerprint density at radius 1 is 1.31 bits per heavy atom. The van der Waals surface area contributed by atoms with E-state index in [0.29, 0.717) is 22.1 Å². The van der Waals surface area contributed by atoms with Gasteiger partial charge in [0, 0.05) is 5.56 Å². The van der Waals surface area contributed by atoms with Crippen molar-refractivity contribution >= 4 is 26.2 Å². The SMILES string of the molecule is COc1cc(C=O)cc(Cl)c1O[Si](C)(C)C. The van der Waals surface area contributed by atoms with Crippen molar-refractivity contribution in [2.75, 3.05) is 7.11 Å². The minimum absolute atomic E-state index is 0.406. The van der Waals surface area contributed by atoms with Gasteiger partial charge < -0.3 is 9.16 Å². The Morgan fingerprint density at radius 3 is 2.38 bits per heavy atom. The molecule has 1 rings (SSSR count). The van der Waals surface area contributed by atoms with Crippen LogP contribution in [0.5, 0.6) is 11.5 Å². The van der Waals surface area contributed by atoms with Gasteiger partial charge in [-0.25, -0.2) is 0 Å². The molecule has 0 heterocycles. The lowest BCUT2D eigenvalue weighted by atomic mass is 10.2. The van der Waals surface area contributed by atoms with Crippen molar-refractivity contribution in [1.29, 1.82) is 0 Å². The summed E-state index contributed by atoms with van der Waals surface area (Å²) in [6.45, 7) is 6.16. The van der Waals surface area contributed by atoms with Crippen molar-refractivity contribution in [2.45, 2.75) is 19.6 Å². The zero-order valence-corrected chi connectivity index (χ0v) is 11.6. The van der Waals surface area contributed by atoms with E-state index in [9.17, 15) is 4.79 Å². The predicted molar refractivity (Wildman–Crippen MR) is 67.4 cm³/mol. The van der Waals surface area contributed by atoms with Gasteiger partial charge in [0.2, 0.25) is 8.32 Å². The van der Waals surface area contributed by atoms with Gasteiger partial charge in [0.1, 0.15) is 6.29 Å². The van der Waals surface area contributed by atoms with Gasteiger partial charge in [-0.1, -0.05) is 11.6 Å². The molecule has 3 nitrogen and oxygen atoms in total. The molecule has 5 heteroatoms. The van der Waals surface area contributed by atoms with Crippen molar-refractivity contribution < 1.29 is 14.0 Å². The first-order valence-corrected chi connectivity index (χ1v) is 8.67. The average molecular weight is 259 g/mol. The van der Waals surface area contributed by atoms with Crippen molar-refractivity contribution in [3.8, 4) is 11.5 Å². The molecule has 16 heavy (non-hydrogen) atoms. The average Bonchev–Trinajstić information content (AvgIpc) is 2.19. The Bertz CT molecular complexity index is 399. The number of methoxy groups -OCH3 is 1. The molecule has 0 aliphatic rings. The highest BCUT2D eigenvalue weighted by Crippen LogP contribution is 2.37. The lowest BCUT2D eigenvalue weighted by Gasteiger charge is -2.22. The maximum absolute atomic E-state index is 10.7. The van der Waals surface area contributed by atoms with Crippen LogP contribution in [0.3, 0.4) is 0 Å². The molecule has 0 atom stereocenters. The van der Waals surface area contributed by atoms with Crippen molar-refractivity contribution in [3.63, 3.8) is 0 Å². The van der Waals surface area contributed by atoms with Crippen molar-refractivity contribution in [2.24, 2.45) is 0 Å². The Kier molecular flexibility index (Phi) is 3.99. The van der Waals surface area contributed by atoms with Crippen molar-refractivity contribution in [3.05, 3.63) is 22.7 Å². The smallest absolute Gasteiger partial charge is 0.242 e. The van der Waals surface area contributed by atoms with Crippen LogP contribution in [-0.4, -0.2) is 21.7 Å². The van der Waals surface area contributed by atoms with Crippen LogP contribution in [0.15, 0.2) is 12.1 Å². The fraction of sp³-hybridized carbons (Fsp3) is 0.364. The molecule has 0 aromatic heterocycles. The molecular formula is C11H15ClO3Si. The Morgan fingerprint density at radius 2 is 1.94 bits per heavy atom. The molecule has 0 amide bonds. The monoisotopic (exact) mass is 258 g/mol. The standard InChI is InChI=1S/C11H15ClO3Si/c1-14-10-6-8(7-13)5-9(12)11(10)15-16(2,3)4/h5-7H,1-4H3. The molecule has 1 aromatic carbocycles. The normalized spacial score (nSPS) is 11.1. The van der Waals surface area contributed by atoms with Gasteiger partial charge in [0.15, 0.2) is 11.5 Å². The van der Waals surface area contributed by atoms with Crippen LogP contribution in [-0.2, 0) is 0 Å². The number of hydrogen-bond donors (Lipinski definition) is 0. The van der Waals surface area contributed by atoms with Gasteiger partial charge in [-0.15, -0.1) is 0 Å². The summed E-state index contributed by atoms with van der Waals surface area (Å²) in [5.41, 5.74) is 0.477. The summed E-state index contributed by atoms with van der Waals surface area (Å²) >= 11 is 6.06. The van der Waals surface area contributed by atoms with Gasteiger partial charge in [-0.3, -0.25) is 4.79 Å². The third-order valence-corrected chi connectivity index (χ3v) is 2.89. The van der Waals surface area contributed by atoms with Crippen LogP contribution < -0.4 is 9.16 Å². The molecule has 0 aliphatic carbocycles. The van der Waals surface area contributed by atoms with E-state index in [-0.39, 0.29) is 0 Å². The van der Waals surface area contributed by atoms with Crippen LogP contribution >= 0.6 is 11.6 Å². The first-order valence-electron chi connectivity index (χ1n) is 4.89. The van der Waals surface area contributed by atoms with Crippen LogP contribution in [0, 0.1) is 0 Å². The van der Waals surface area contributed by atoms with E-state index in [2.05, 4.69) is 19.6 Å². The highest BCUT2D eigenvalue weighted by atomic mass is 35.5. The summed E-state index contributed by atoms with van der Waals surface area (Å²) in [7, 11) is -0.232. The molecule has 0 unspecified atom stereocenters. The van der Waals surface area contributed by atoms with Crippen LogP contribution in [0.4, 0.5) is 0 Å². The van der Waals surface area contributed by atoms with E-state index >= 15 is 0 Å². The van der Waals surface area contributed by atoms with Crippen molar-refractivity contribution in [1.82, 2.24) is 0 Å². The maximum atomic E-state index is 10.7. The quantitative estimate of drug-likeness (QED) is 0.614. The summed E-state index contributed by atoms with van der Waals surface area (Å²) < 4.78 is 11.0. The minimum atomic E-state index is -1.76. The zero-order valence-electron chi connectivity index (χ0n) is 9.83. The number of aldehydes is 1. The Labute approximate surface area is 101 Å². The number of halogens is 1. The molecule has 0 fully saturated rings. The predicted octanol–water partition coefficient (Wildman–Crippen LogP) is 3.37. The molecule has 88 valence electrons. The summed E-state index contributed by atoms with van der Waals surface area (Å²) in [6, 6.07) is 3.20. The third kappa shape index (κ3) is 3.25. The fourth-order valence-electron chi connectivity index (χ4n) is 1.21. The molecule has 0 radical (unpaired) electrons. The number of benzene rings is 1. The largest absolute Gasteiger partial charge is 0.541 e. The topological polar surface area (TPSA) is 35.5 Å². The fourth-order valence-corrected chi connectivity index (χ4v) is 2.36. The third-order valence-electron chi connectivity index (χ3n) is 1.80. The van der Waals surface area contributed by atoms with E-state index in [1.165, 1.54) is 7.11 Å². The lowest BCUT2D eigenvalue weighted by Crippen LogP contribution is -2.29. The molecular weight excluding hydrogens is 244 g/mol. The minimum Gasteiger partial charge on any atom is -0.541 e. The maximum Gasteiger partial charge on any atom is 0.242 e. The second kappa shape index (κ2) is 4.89. The highest BCUT2D eigenvalue weighted by molar-refractivity contribution is 6.70. The number of hydrogen-bond acceptors (Lipinski definition) is 3. The van der Waals surface area contributed by atoms with Gasteiger partial charge >= 0.3 is 0 Å². The number of carbonyl (C=O) groups is 1. The number of rotatable bonds is 4.